The van der Waals surface area contributed by atoms with Crippen molar-refractivity contribution in [1.82, 2.24) is 4.90 Å². The summed E-state index contributed by atoms with van der Waals surface area (Å²) < 4.78 is 11.0. The molecule has 1 unspecified atom stereocenters. The molecule has 1 atom stereocenters. The summed E-state index contributed by atoms with van der Waals surface area (Å²) in [4.78, 5) is 2.34. The number of nitrogens with zero attached hydrogens (tertiary/aromatic N) is 1. The van der Waals surface area contributed by atoms with Gasteiger partial charge in [-0.15, -0.1) is 0 Å². The van der Waals surface area contributed by atoms with E-state index in [0.29, 0.717) is 5.92 Å². The van der Waals surface area contributed by atoms with E-state index >= 15 is 0 Å². The topological polar surface area (TPSA) is 51.6 Å². The van der Waals surface area contributed by atoms with Gasteiger partial charge in [-0.25, -0.2) is 0 Å². The lowest BCUT2D eigenvalue weighted by molar-refractivity contribution is 0.134. The van der Waals surface area contributed by atoms with Crippen molar-refractivity contribution >= 4 is 11.0 Å². The van der Waals surface area contributed by atoms with E-state index in [9.17, 15) is 0 Å². The maximum atomic E-state index is 6.33. The Morgan fingerprint density at radius 1 is 1.24 bits per heavy atom. The first kappa shape index (κ1) is 16.0. The highest BCUT2D eigenvalue weighted by Gasteiger charge is 2.17. The van der Waals surface area contributed by atoms with Crippen LogP contribution in [0.5, 0.6) is 0 Å². The molecule has 0 fully saturated rings. The molecule has 1 aromatic heterocycles. The zero-order valence-corrected chi connectivity index (χ0v) is 13.2. The number of fused-ring (bicyclic) bond motifs is 1. The highest BCUT2D eigenvalue weighted by atomic mass is 16.5. The van der Waals surface area contributed by atoms with Crippen LogP contribution >= 0.6 is 0 Å². The van der Waals surface area contributed by atoms with E-state index in [1.54, 1.807) is 7.11 Å². The van der Waals surface area contributed by atoms with E-state index in [0.717, 1.165) is 43.0 Å². The van der Waals surface area contributed by atoms with Gasteiger partial charge in [0.15, 0.2) is 0 Å². The Kier molecular flexibility index (Phi) is 5.79. The van der Waals surface area contributed by atoms with E-state index in [-0.39, 0.29) is 6.04 Å². The number of rotatable bonds is 8. The summed E-state index contributed by atoms with van der Waals surface area (Å²) in [6.07, 6.45) is 0. The first-order chi connectivity index (χ1) is 10.1. The number of hydrogen-bond donors (Lipinski definition) is 1. The molecule has 2 N–H and O–H groups in total. The van der Waals surface area contributed by atoms with Crippen molar-refractivity contribution in [1.29, 1.82) is 0 Å². The van der Waals surface area contributed by atoms with Gasteiger partial charge in [0, 0.05) is 32.1 Å². The van der Waals surface area contributed by atoms with Crippen molar-refractivity contribution < 1.29 is 9.15 Å². The van der Waals surface area contributed by atoms with Crippen molar-refractivity contribution in [3.05, 3.63) is 36.1 Å². The SMILES string of the molecule is COCCN(CC(C)C)CC(N)c1cc2ccccc2o1. The molecular formula is C17H26N2O2. The Morgan fingerprint density at radius 3 is 2.67 bits per heavy atom. The van der Waals surface area contributed by atoms with Crippen molar-refractivity contribution in [3.63, 3.8) is 0 Å². The molecule has 0 radical (unpaired) electrons. The molecule has 0 saturated heterocycles. The van der Waals surface area contributed by atoms with E-state index in [1.807, 2.05) is 30.3 Å². The fourth-order valence-electron chi connectivity index (χ4n) is 2.55. The minimum Gasteiger partial charge on any atom is -0.459 e. The molecule has 0 spiro atoms. The molecule has 21 heavy (non-hydrogen) atoms. The van der Waals surface area contributed by atoms with Crippen LogP contribution in [0.15, 0.2) is 34.7 Å². The standard InChI is InChI=1S/C17H26N2O2/c1-13(2)11-19(8-9-20-3)12-15(18)17-10-14-6-4-5-7-16(14)21-17/h4-7,10,13,15H,8-9,11-12,18H2,1-3H3. The Balaban J connectivity index is 2.04. The first-order valence-electron chi connectivity index (χ1n) is 7.55. The van der Waals surface area contributed by atoms with Crippen LogP contribution in [-0.4, -0.2) is 38.3 Å². The second-order valence-corrected chi connectivity index (χ2v) is 5.94. The highest BCUT2D eigenvalue weighted by molar-refractivity contribution is 5.77. The molecule has 0 aliphatic heterocycles. The van der Waals surface area contributed by atoms with Gasteiger partial charge in [-0.3, -0.25) is 4.90 Å². The van der Waals surface area contributed by atoms with Crippen LogP contribution in [0.4, 0.5) is 0 Å². The lowest BCUT2D eigenvalue weighted by Crippen LogP contribution is -2.36. The minimum absolute atomic E-state index is 0.118. The monoisotopic (exact) mass is 290 g/mol. The average molecular weight is 290 g/mol. The van der Waals surface area contributed by atoms with Crippen LogP contribution in [0, 0.1) is 5.92 Å². The number of hydrogen-bond acceptors (Lipinski definition) is 4. The maximum Gasteiger partial charge on any atom is 0.134 e. The van der Waals surface area contributed by atoms with Crippen molar-refractivity contribution in [2.75, 3.05) is 33.4 Å². The van der Waals surface area contributed by atoms with Gasteiger partial charge in [-0.1, -0.05) is 32.0 Å². The summed E-state index contributed by atoms with van der Waals surface area (Å²) in [5.74, 6) is 1.45. The number of benzene rings is 1. The molecular weight excluding hydrogens is 264 g/mol. The second kappa shape index (κ2) is 7.59. The van der Waals surface area contributed by atoms with Crippen LogP contribution in [-0.2, 0) is 4.74 Å². The molecule has 4 heteroatoms. The van der Waals surface area contributed by atoms with E-state index in [1.165, 1.54) is 0 Å². The molecule has 116 valence electrons. The molecule has 2 aromatic rings. The van der Waals surface area contributed by atoms with Gasteiger partial charge >= 0.3 is 0 Å². The number of methoxy groups -OCH3 is 1. The van der Waals surface area contributed by atoms with Crippen LogP contribution in [0.1, 0.15) is 25.6 Å². The lowest BCUT2D eigenvalue weighted by atomic mass is 10.1. The van der Waals surface area contributed by atoms with E-state index < -0.39 is 0 Å². The molecule has 0 aliphatic rings. The van der Waals surface area contributed by atoms with Crippen LogP contribution < -0.4 is 5.73 Å². The van der Waals surface area contributed by atoms with Crippen LogP contribution in [0.2, 0.25) is 0 Å². The van der Waals surface area contributed by atoms with Gasteiger partial charge in [0.25, 0.3) is 0 Å². The predicted octanol–water partition coefficient (Wildman–Crippen LogP) is 3.04. The molecule has 0 amide bonds. The Hall–Kier alpha value is -1.36. The number of ether oxygens (including phenoxy) is 1. The smallest absolute Gasteiger partial charge is 0.134 e. The summed E-state index contributed by atoms with van der Waals surface area (Å²) in [5.41, 5.74) is 7.23. The van der Waals surface area contributed by atoms with Crippen LogP contribution in [0.25, 0.3) is 11.0 Å². The summed E-state index contributed by atoms with van der Waals surface area (Å²) in [5, 5.41) is 1.11. The first-order valence-corrected chi connectivity index (χ1v) is 7.55. The number of furan rings is 1. The average Bonchev–Trinajstić information content (AvgIpc) is 2.88. The fourth-order valence-corrected chi connectivity index (χ4v) is 2.55. The van der Waals surface area contributed by atoms with E-state index in [2.05, 4.69) is 18.7 Å². The zero-order chi connectivity index (χ0) is 15.2. The van der Waals surface area contributed by atoms with Crippen LogP contribution in [0.3, 0.4) is 0 Å². The molecule has 1 heterocycles. The molecule has 0 bridgehead atoms. The third kappa shape index (κ3) is 4.56. The molecule has 1 aromatic carbocycles. The van der Waals surface area contributed by atoms with Crippen molar-refractivity contribution in [3.8, 4) is 0 Å². The maximum absolute atomic E-state index is 6.33. The molecule has 0 aliphatic carbocycles. The number of nitrogens with two attached hydrogens (primary N) is 1. The largest absolute Gasteiger partial charge is 0.459 e. The van der Waals surface area contributed by atoms with Gasteiger partial charge < -0.3 is 14.9 Å². The summed E-state index contributed by atoms with van der Waals surface area (Å²) in [6, 6.07) is 9.94. The zero-order valence-electron chi connectivity index (χ0n) is 13.2. The quantitative estimate of drug-likeness (QED) is 0.812. The third-order valence-electron chi connectivity index (χ3n) is 3.50. The Labute approximate surface area is 126 Å². The summed E-state index contributed by atoms with van der Waals surface area (Å²) in [7, 11) is 1.73. The highest BCUT2D eigenvalue weighted by Crippen LogP contribution is 2.23. The van der Waals surface area contributed by atoms with E-state index in [4.69, 9.17) is 14.9 Å². The molecule has 4 nitrogen and oxygen atoms in total. The summed E-state index contributed by atoms with van der Waals surface area (Å²) in [6.45, 7) is 7.83. The Morgan fingerprint density at radius 2 is 2.00 bits per heavy atom. The van der Waals surface area contributed by atoms with Gasteiger partial charge in [0.05, 0.1) is 12.6 Å². The Bertz CT molecular complexity index is 517. The van der Waals surface area contributed by atoms with Gasteiger partial charge in [0.2, 0.25) is 0 Å². The fraction of sp³-hybridized carbons (Fsp3) is 0.529. The normalized spacial score (nSPS) is 13.4. The van der Waals surface area contributed by atoms with Crippen molar-refractivity contribution in [2.45, 2.75) is 19.9 Å². The number of para-hydroxylation sites is 1. The van der Waals surface area contributed by atoms with Crippen molar-refractivity contribution in [2.24, 2.45) is 11.7 Å². The van der Waals surface area contributed by atoms with Gasteiger partial charge in [-0.2, -0.15) is 0 Å². The third-order valence-corrected chi connectivity index (χ3v) is 3.50. The lowest BCUT2D eigenvalue weighted by Gasteiger charge is -2.26. The van der Waals surface area contributed by atoms with Gasteiger partial charge in [-0.05, 0) is 18.1 Å². The summed E-state index contributed by atoms with van der Waals surface area (Å²) >= 11 is 0. The second-order valence-electron chi connectivity index (χ2n) is 5.94. The van der Waals surface area contributed by atoms with Gasteiger partial charge in [0.1, 0.15) is 11.3 Å². The molecule has 0 saturated carbocycles. The molecule has 2 rings (SSSR count). The minimum atomic E-state index is -0.118. The predicted molar refractivity (Wildman–Crippen MR) is 86.3 cm³/mol.